The number of anilines is 1. The molecule has 0 aliphatic carbocycles. The number of nitrogens with one attached hydrogen (secondary N) is 1. The molecule has 1 heterocycles. The van der Waals surface area contributed by atoms with Gasteiger partial charge in [0, 0.05) is 12.7 Å². The van der Waals surface area contributed by atoms with E-state index >= 15 is 0 Å². The molecule has 1 atom stereocenters. The van der Waals surface area contributed by atoms with Gasteiger partial charge in [-0.05, 0) is 57.0 Å². The largest absolute Gasteiger partial charge is 0.478 e. The van der Waals surface area contributed by atoms with Crippen LogP contribution in [0.4, 0.5) is 5.69 Å². The SMILES string of the molecule is CN(C(=O)C1(C)CCCCN1)c1ccc(C(=O)O)cc1. The molecule has 0 radical (unpaired) electrons. The van der Waals surface area contributed by atoms with E-state index < -0.39 is 11.5 Å². The molecule has 1 fully saturated rings. The fourth-order valence-electron chi connectivity index (χ4n) is 2.55. The van der Waals surface area contributed by atoms with Crippen LogP contribution in [0.1, 0.15) is 36.5 Å². The van der Waals surface area contributed by atoms with E-state index in [0.29, 0.717) is 5.69 Å². The molecule has 5 heteroatoms. The van der Waals surface area contributed by atoms with Crippen LogP contribution in [0, 0.1) is 0 Å². The quantitative estimate of drug-likeness (QED) is 0.884. The molecule has 1 aliphatic heterocycles. The fourth-order valence-corrected chi connectivity index (χ4v) is 2.55. The zero-order valence-corrected chi connectivity index (χ0v) is 11.8. The van der Waals surface area contributed by atoms with Gasteiger partial charge >= 0.3 is 5.97 Å². The number of carboxylic acids is 1. The molecule has 0 spiro atoms. The predicted octanol–water partition coefficient (Wildman–Crippen LogP) is 1.88. The lowest BCUT2D eigenvalue weighted by Crippen LogP contribution is -2.57. The van der Waals surface area contributed by atoms with Gasteiger partial charge in [0.05, 0.1) is 11.1 Å². The maximum atomic E-state index is 12.6. The van der Waals surface area contributed by atoms with Gasteiger partial charge in [0.15, 0.2) is 0 Å². The lowest BCUT2D eigenvalue weighted by Gasteiger charge is -2.36. The van der Waals surface area contributed by atoms with Crippen LogP contribution >= 0.6 is 0 Å². The second-order valence-electron chi connectivity index (χ2n) is 5.43. The van der Waals surface area contributed by atoms with Crippen LogP contribution in [0.25, 0.3) is 0 Å². The molecule has 0 aromatic heterocycles. The summed E-state index contributed by atoms with van der Waals surface area (Å²) in [5, 5.41) is 12.2. The van der Waals surface area contributed by atoms with E-state index in [0.717, 1.165) is 25.8 Å². The van der Waals surface area contributed by atoms with Crippen molar-refractivity contribution in [3.05, 3.63) is 29.8 Å². The smallest absolute Gasteiger partial charge is 0.335 e. The topological polar surface area (TPSA) is 69.6 Å². The minimum absolute atomic E-state index is 0.0141. The molecule has 1 aromatic rings. The Bertz CT molecular complexity index is 504. The molecule has 1 aliphatic rings. The lowest BCUT2D eigenvalue weighted by molar-refractivity contribution is -0.124. The van der Waals surface area contributed by atoms with Crippen LogP contribution in [0.2, 0.25) is 0 Å². The van der Waals surface area contributed by atoms with Crippen molar-refractivity contribution < 1.29 is 14.7 Å². The van der Waals surface area contributed by atoms with Gasteiger partial charge in [-0.3, -0.25) is 4.79 Å². The summed E-state index contributed by atoms with van der Waals surface area (Å²) < 4.78 is 0. The minimum atomic E-state index is -0.966. The van der Waals surface area contributed by atoms with Crippen LogP contribution in [0.5, 0.6) is 0 Å². The minimum Gasteiger partial charge on any atom is -0.478 e. The van der Waals surface area contributed by atoms with E-state index in [2.05, 4.69) is 5.32 Å². The van der Waals surface area contributed by atoms with E-state index in [1.807, 2.05) is 6.92 Å². The Labute approximate surface area is 118 Å². The summed E-state index contributed by atoms with van der Waals surface area (Å²) in [6.07, 6.45) is 2.96. The zero-order valence-electron chi connectivity index (χ0n) is 11.8. The maximum absolute atomic E-state index is 12.6. The Morgan fingerprint density at radius 2 is 1.90 bits per heavy atom. The van der Waals surface area contributed by atoms with E-state index in [4.69, 9.17) is 5.11 Å². The van der Waals surface area contributed by atoms with Crippen molar-refractivity contribution in [2.45, 2.75) is 31.7 Å². The molecule has 1 unspecified atom stereocenters. The van der Waals surface area contributed by atoms with E-state index in [-0.39, 0.29) is 11.5 Å². The van der Waals surface area contributed by atoms with Crippen LogP contribution < -0.4 is 10.2 Å². The van der Waals surface area contributed by atoms with Gasteiger partial charge in [-0.15, -0.1) is 0 Å². The number of benzene rings is 1. The molecule has 1 aromatic carbocycles. The first-order valence-electron chi connectivity index (χ1n) is 6.80. The van der Waals surface area contributed by atoms with Gasteiger partial charge in [0.2, 0.25) is 5.91 Å². The number of carbonyl (C=O) groups excluding carboxylic acids is 1. The van der Waals surface area contributed by atoms with E-state index in [1.165, 1.54) is 12.1 Å². The summed E-state index contributed by atoms with van der Waals surface area (Å²) in [4.78, 5) is 25.0. The standard InChI is InChI=1S/C15H20N2O3/c1-15(9-3-4-10-16-15)14(20)17(2)12-7-5-11(6-8-12)13(18)19/h5-8,16H,3-4,9-10H2,1-2H3,(H,18,19). The molecule has 20 heavy (non-hydrogen) atoms. The molecular formula is C15H20N2O3. The number of carboxylic acid groups (broad SMARTS) is 1. The highest BCUT2D eigenvalue weighted by Gasteiger charge is 2.36. The summed E-state index contributed by atoms with van der Waals surface area (Å²) in [6.45, 7) is 2.78. The predicted molar refractivity (Wildman–Crippen MR) is 77.1 cm³/mol. The van der Waals surface area contributed by atoms with Gasteiger partial charge in [-0.1, -0.05) is 0 Å². The van der Waals surface area contributed by atoms with Gasteiger partial charge in [0.1, 0.15) is 0 Å². The van der Waals surface area contributed by atoms with Crippen LogP contribution in [0.15, 0.2) is 24.3 Å². The third-order valence-corrected chi connectivity index (χ3v) is 3.90. The Balaban J connectivity index is 2.15. The van der Waals surface area contributed by atoms with Gasteiger partial charge in [-0.2, -0.15) is 0 Å². The van der Waals surface area contributed by atoms with Crippen molar-refractivity contribution in [3.8, 4) is 0 Å². The molecule has 0 bridgehead atoms. The number of hydrogen-bond acceptors (Lipinski definition) is 3. The highest BCUT2D eigenvalue weighted by Crippen LogP contribution is 2.24. The molecule has 108 valence electrons. The highest BCUT2D eigenvalue weighted by atomic mass is 16.4. The average molecular weight is 276 g/mol. The van der Waals surface area contributed by atoms with Crippen LogP contribution in [-0.4, -0.2) is 36.1 Å². The number of piperidine rings is 1. The maximum Gasteiger partial charge on any atom is 0.335 e. The van der Waals surface area contributed by atoms with Crippen molar-refractivity contribution in [1.29, 1.82) is 0 Å². The second-order valence-corrected chi connectivity index (χ2v) is 5.43. The van der Waals surface area contributed by atoms with Gasteiger partial charge in [-0.25, -0.2) is 4.79 Å². The summed E-state index contributed by atoms with van der Waals surface area (Å²) in [7, 11) is 1.72. The van der Waals surface area contributed by atoms with Crippen molar-refractivity contribution >= 4 is 17.6 Å². The number of likely N-dealkylation sites (N-methyl/N-ethyl adjacent to an activating group) is 1. The lowest BCUT2D eigenvalue weighted by atomic mass is 9.89. The van der Waals surface area contributed by atoms with E-state index in [1.54, 1.807) is 24.1 Å². The second kappa shape index (κ2) is 5.63. The van der Waals surface area contributed by atoms with Crippen LogP contribution in [0.3, 0.4) is 0 Å². The molecule has 2 N–H and O–H groups in total. The Morgan fingerprint density at radius 3 is 2.40 bits per heavy atom. The Morgan fingerprint density at radius 1 is 1.25 bits per heavy atom. The monoisotopic (exact) mass is 276 g/mol. The molecular weight excluding hydrogens is 256 g/mol. The number of rotatable bonds is 3. The average Bonchev–Trinajstić information content (AvgIpc) is 2.46. The molecule has 1 saturated heterocycles. The number of carbonyl (C=O) groups is 2. The summed E-state index contributed by atoms with van der Waals surface area (Å²) >= 11 is 0. The van der Waals surface area contributed by atoms with Crippen molar-refractivity contribution in [2.24, 2.45) is 0 Å². The molecule has 1 amide bonds. The summed E-state index contributed by atoms with van der Waals surface area (Å²) in [5.74, 6) is -0.952. The Kier molecular flexibility index (Phi) is 4.09. The number of amides is 1. The molecule has 0 saturated carbocycles. The summed E-state index contributed by atoms with van der Waals surface area (Å²) in [6, 6.07) is 6.34. The fraction of sp³-hybridized carbons (Fsp3) is 0.467. The number of nitrogens with zero attached hydrogens (tertiary/aromatic N) is 1. The van der Waals surface area contributed by atoms with Crippen molar-refractivity contribution in [1.82, 2.24) is 5.32 Å². The first-order valence-corrected chi connectivity index (χ1v) is 6.80. The highest BCUT2D eigenvalue weighted by molar-refractivity contribution is 6.00. The number of aromatic carboxylic acids is 1. The first-order chi connectivity index (χ1) is 9.44. The first kappa shape index (κ1) is 14.5. The van der Waals surface area contributed by atoms with Gasteiger partial charge in [0.25, 0.3) is 0 Å². The summed E-state index contributed by atoms with van der Waals surface area (Å²) in [5.41, 5.74) is 0.392. The van der Waals surface area contributed by atoms with Crippen LogP contribution in [-0.2, 0) is 4.79 Å². The van der Waals surface area contributed by atoms with Crippen molar-refractivity contribution in [2.75, 3.05) is 18.5 Å². The van der Waals surface area contributed by atoms with E-state index in [9.17, 15) is 9.59 Å². The Hall–Kier alpha value is -1.88. The number of hydrogen-bond donors (Lipinski definition) is 2. The third kappa shape index (κ3) is 2.82. The normalized spacial score (nSPS) is 22.3. The molecule has 2 rings (SSSR count). The molecule has 5 nitrogen and oxygen atoms in total. The third-order valence-electron chi connectivity index (χ3n) is 3.90. The van der Waals surface area contributed by atoms with Gasteiger partial charge < -0.3 is 15.3 Å². The zero-order chi connectivity index (χ0) is 14.8. The van der Waals surface area contributed by atoms with Crippen molar-refractivity contribution in [3.63, 3.8) is 0 Å².